The lowest BCUT2D eigenvalue weighted by atomic mass is 10.3. The van der Waals surface area contributed by atoms with Gasteiger partial charge < -0.3 is 10.1 Å². The number of hydrogen-bond donors (Lipinski definition) is 1. The zero-order valence-corrected chi connectivity index (χ0v) is 9.39. The van der Waals surface area contributed by atoms with Gasteiger partial charge in [-0.25, -0.2) is 0 Å². The van der Waals surface area contributed by atoms with E-state index in [2.05, 4.69) is 10.3 Å². The lowest BCUT2D eigenvalue weighted by Crippen LogP contribution is -2.30. The molecule has 0 atom stereocenters. The predicted octanol–water partition coefficient (Wildman–Crippen LogP) is 2.16. The second-order valence-corrected chi connectivity index (χ2v) is 3.93. The minimum atomic E-state index is 0.547. The minimum Gasteiger partial charge on any atom is -0.395 e. The van der Waals surface area contributed by atoms with E-state index < -0.39 is 0 Å². The highest BCUT2D eigenvalue weighted by Crippen LogP contribution is 2.30. The molecule has 1 aromatic rings. The molecule has 76 valence electrons. The average Bonchev–Trinajstić information content (AvgIpc) is 2.58. The van der Waals surface area contributed by atoms with E-state index in [0.717, 1.165) is 0 Å². The molecule has 0 amide bonds. The van der Waals surface area contributed by atoms with Crippen LogP contribution in [0.25, 0.3) is 0 Å². The van der Waals surface area contributed by atoms with Gasteiger partial charge in [-0.3, -0.25) is 4.99 Å². The summed E-state index contributed by atoms with van der Waals surface area (Å²) in [6, 6.07) is 5.30. The molecule has 0 spiro atoms. The number of guanidine groups is 1. The molecular formula is C9H8BCl2N3. The number of nitrogens with zero attached hydrogens (tertiary/aromatic N) is 2. The van der Waals surface area contributed by atoms with Crippen molar-refractivity contribution in [2.24, 2.45) is 4.99 Å². The van der Waals surface area contributed by atoms with Crippen molar-refractivity contribution in [2.45, 2.75) is 0 Å². The fourth-order valence-electron chi connectivity index (χ4n) is 1.30. The van der Waals surface area contributed by atoms with Crippen LogP contribution in [0.4, 0.5) is 5.69 Å². The van der Waals surface area contributed by atoms with E-state index in [9.17, 15) is 0 Å². The van der Waals surface area contributed by atoms with Crippen molar-refractivity contribution in [2.75, 3.05) is 18.4 Å². The molecule has 0 aromatic heterocycles. The van der Waals surface area contributed by atoms with Gasteiger partial charge in [0.15, 0.2) is 5.96 Å². The first-order chi connectivity index (χ1) is 7.18. The van der Waals surface area contributed by atoms with Crippen LogP contribution >= 0.6 is 23.2 Å². The predicted molar refractivity (Wildman–Crippen MR) is 64.8 cm³/mol. The van der Waals surface area contributed by atoms with Crippen molar-refractivity contribution in [1.29, 1.82) is 0 Å². The summed E-state index contributed by atoms with van der Waals surface area (Å²) in [6.07, 6.45) is 0. The van der Waals surface area contributed by atoms with Gasteiger partial charge in [0.2, 0.25) is 7.98 Å². The summed E-state index contributed by atoms with van der Waals surface area (Å²) in [5.41, 5.74) is 0.636. The fourth-order valence-corrected chi connectivity index (χ4v) is 1.79. The van der Waals surface area contributed by atoms with E-state index in [4.69, 9.17) is 31.2 Å². The molecule has 1 aliphatic rings. The van der Waals surface area contributed by atoms with Crippen LogP contribution in [0.3, 0.4) is 0 Å². The molecule has 0 aliphatic carbocycles. The highest BCUT2D eigenvalue weighted by Gasteiger charge is 2.14. The summed E-state index contributed by atoms with van der Waals surface area (Å²) >= 11 is 12.0. The maximum Gasteiger partial charge on any atom is 0.230 e. The van der Waals surface area contributed by atoms with Crippen LogP contribution in [0, 0.1) is 0 Å². The largest absolute Gasteiger partial charge is 0.395 e. The zero-order chi connectivity index (χ0) is 10.8. The van der Waals surface area contributed by atoms with E-state index >= 15 is 0 Å². The Bertz CT molecular complexity index is 388. The zero-order valence-electron chi connectivity index (χ0n) is 7.87. The maximum absolute atomic E-state index is 5.99. The highest BCUT2D eigenvalue weighted by molar-refractivity contribution is 6.40. The van der Waals surface area contributed by atoms with Crippen molar-refractivity contribution in [3.8, 4) is 0 Å². The Balaban J connectivity index is 2.24. The van der Waals surface area contributed by atoms with Gasteiger partial charge in [0, 0.05) is 6.54 Å². The Kier molecular flexibility index (Phi) is 3.07. The van der Waals surface area contributed by atoms with Crippen molar-refractivity contribution in [1.82, 2.24) is 4.81 Å². The van der Waals surface area contributed by atoms with Crippen LogP contribution in [-0.4, -0.2) is 31.8 Å². The summed E-state index contributed by atoms with van der Waals surface area (Å²) in [5, 5.41) is 4.11. The Morgan fingerprint density at radius 3 is 2.53 bits per heavy atom. The Morgan fingerprint density at radius 1 is 1.33 bits per heavy atom. The lowest BCUT2D eigenvalue weighted by molar-refractivity contribution is 0.714. The smallest absolute Gasteiger partial charge is 0.230 e. The molecule has 0 unspecified atom stereocenters. The molecule has 1 aliphatic heterocycles. The van der Waals surface area contributed by atoms with Gasteiger partial charge in [-0.1, -0.05) is 29.3 Å². The van der Waals surface area contributed by atoms with Crippen LogP contribution in [-0.2, 0) is 0 Å². The van der Waals surface area contributed by atoms with Crippen molar-refractivity contribution >= 4 is 42.8 Å². The number of para-hydroxylation sites is 1. The van der Waals surface area contributed by atoms with E-state index in [1.165, 1.54) is 4.81 Å². The van der Waals surface area contributed by atoms with E-state index in [-0.39, 0.29) is 0 Å². The van der Waals surface area contributed by atoms with Gasteiger partial charge in [0.1, 0.15) is 0 Å². The fraction of sp³-hybridized carbons (Fsp3) is 0.222. The van der Waals surface area contributed by atoms with Gasteiger partial charge in [-0.05, 0) is 12.1 Å². The molecule has 0 fully saturated rings. The first kappa shape index (κ1) is 10.6. The Labute approximate surface area is 99.5 Å². The van der Waals surface area contributed by atoms with Gasteiger partial charge in [0.25, 0.3) is 0 Å². The van der Waals surface area contributed by atoms with Crippen LogP contribution in [0.2, 0.25) is 10.0 Å². The number of benzene rings is 1. The number of hydrogen-bond acceptors (Lipinski definition) is 3. The molecule has 1 aromatic carbocycles. The third-order valence-corrected chi connectivity index (χ3v) is 2.70. The maximum atomic E-state index is 5.99. The number of nitrogens with one attached hydrogen (secondary N) is 1. The Hall–Kier alpha value is -0.865. The summed E-state index contributed by atoms with van der Waals surface area (Å²) in [6.45, 7) is 1.38. The highest BCUT2D eigenvalue weighted by atomic mass is 35.5. The van der Waals surface area contributed by atoms with E-state index in [1.807, 2.05) is 0 Å². The monoisotopic (exact) mass is 239 g/mol. The quantitative estimate of drug-likeness (QED) is 0.761. The van der Waals surface area contributed by atoms with Crippen molar-refractivity contribution < 1.29 is 0 Å². The molecule has 2 radical (unpaired) electrons. The standard InChI is InChI=1S/C9H8BCl2N3/c10-15-5-4-13-9(15)14-8-6(11)2-1-3-7(8)12/h1-3H,4-5H2,(H,13,14). The molecule has 0 saturated carbocycles. The first-order valence-electron chi connectivity index (χ1n) is 4.46. The summed E-state index contributed by atoms with van der Waals surface area (Å²) in [5.74, 6) is 0.588. The topological polar surface area (TPSA) is 27.6 Å². The van der Waals surface area contributed by atoms with E-state index in [1.54, 1.807) is 18.2 Å². The molecule has 0 saturated heterocycles. The summed E-state index contributed by atoms with van der Waals surface area (Å²) in [4.78, 5) is 5.71. The summed E-state index contributed by atoms with van der Waals surface area (Å²) < 4.78 is 0. The van der Waals surface area contributed by atoms with Crippen LogP contribution < -0.4 is 5.32 Å². The second kappa shape index (κ2) is 4.33. The van der Waals surface area contributed by atoms with Crippen LogP contribution in [0.1, 0.15) is 0 Å². The lowest BCUT2D eigenvalue weighted by Gasteiger charge is -2.17. The van der Waals surface area contributed by atoms with Crippen molar-refractivity contribution in [3.05, 3.63) is 28.2 Å². The molecule has 15 heavy (non-hydrogen) atoms. The third kappa shape index (κ3) is 2.21. The van der Waals surface area contributed by atoms with Gasteiger partial charge >= 0.3 is 0 Å². The van der Waals surface area contributed by atoms with E-state index in [0.29, 0.717) is 34.8 Å². The minimum absolute atomic E-state index is 0.547. The van der Waals surface area contributed by atoms with Gasteiger partial charge in [0.05, 0.1) is 22.3 Å². The molecule has 1 N–H and O–H groups in total. The molecule has 2 rings (SSSR count). The number of aliphatic imine (C=N–C) groups is 1. The molecule has 1 heterocycles. The third-order valence-electron chi connectivity index (χ3n) is 2.07. The number of anilines is 1. The molecule has 6 heteroatoms. The van der Waals surface area contributed by atoms with Crippen LogP contribution in [0.5, 0.6) is 0 Å². The molecule has 3 nitrogen and oxygen atoms in total. The van der Waals surface area contributed by atoms with Gasteiger partial charge in [-0.15, -0.1) is 0 Å². The van der Waals surface area contributed by atoms with Gasteiger partial charge in [-0.2, -0.15) is 0 Å². The number of rotatable bonds is 1. The first-order valence-corrected chi connectivity index (χ1v) is 5.22. The number of halogens is 2. The average molecular weight is 240 g/mol. The van der Waals surface area contributed by atoms with Crippen molar-refractivity contribution in [3.63, 3.8) is 0 Å². The SMILES string of the molecule is [B]N1CCN=C1Nc1c(Cl)cccc1Cl. The van der Waals surface area contributed by atoms with Crippen LogP contribution in [0.15, 0.2) is 23.2 Å². The Morgan fingerprint density at radius 2 is 2.00 bits per heavy atom. The second-order valence-electron chi connectivity index (χ2n) is 3.12. The molecule has 0 bridgehead atoms. The summed E-state index contributed by atoms with van der Waals surface area (Å²) in [7, 11) is 5.68. The molecular weight excluding hydrogens is 232 g/mol. The normalized spacial score (nSPS) is 15.3.